The van der Waals surface area contributed by atoms with Crippen LogP contribution in [0.1, 0.15) is 28.7 Å². The molecule has 2 aromatic carbocycles. The Morgan fingerprint density at radius 2 is 1.90 bits per heavy atom. The van der Waals surface area contributed by atoms with E-state index in [-0.39, 0.29) is 23.3 Å². The number of nitrogens with one attached hydrogen (secondary N) is 1. The lowest BCUT2D eigenvalue weighted by molar-refractivity contribution is -0.118. The Morgan fingerprint density at radius 3 is 2.59 bits per heavy atom. The van der Waals surface area contributed by atoms with E-state index in [1.807, 2.05) is 35.8 Å². The highest BCUT2D eigenvalue weighted by Crippen LogP contribution is 2.24. The highest BCUT2D eigenvalue weighted by molar-refractivity contribution is 7.99. The van der Waals surface area contributed by atoms with E-state index in [0.29, 0.717) is 29.5 Å². The molecule has 1 aromatic heterocycles. The monoisotopic (exact) mass is 412 g/mol. The maximum absolute atomic E-state index is 13.1. The Morgan fingerprint density at radius 1 is 1.14 bits per heavy atom. The number of amides is 1. The smallest absolute Gasteiger partial charge is 0.216 e. The first-order valence-corrected chi connectivity index (χ1v) is 10.1. The third-order valence-electron chi connectivity index (χ3n) is 4.18. The van der Waals surface area contributed by atoms with Gasteiger partial charge in [-0.2, -0.15) is 0 Å². The summed E-state index contributed by atoms with van der Waals surface area (Å²) >= 11 is 1.27. The molecule has 8 heteroatoms. The minimum atomic E-state index is -0.378. The molecule has 0 bridgehead atoms. The molecule has 0 saturated heterocycles. The van der Waals surface area contributed by atoms with E-state index in [9.17, 15) is 14.0 Å². The molecule has 0 saturated carbocycles. The van der Waals surface area contributed by atoms with Gasteiger partial charge in [0.1, 0.15) is 11.6 Å². The van der Waals surface area contributed by atoms with Crippen LogP contribution in [0.25, 0.3) is 5.69 Å². The third-order valence-corrected chi connectivity index (χ3v) is 5.11. The van der Waals surface area contributed by atoms with Crippen molar-refractivity contribution < 1.29 is 14.0 Å². The molecule has 1 amide bonds. The largest absolute Gasteiger partial charge is 0.356 e. The molecule has 0 aliphatic heterocycles. The third kappa shape index (κ3) is 5.51. The lowest BCUT2D eigenvalue weighted by Gasteiger charge is -2.11. The first kappa shape index (κ1) is 20.7. The second-order valence-corrected chi connectivity index (χ2v) is 7.47. The van der Waals surface area contributed by atoms with Gasteiger partial charge in [0.2, 0.25) is 5.91 Å². The molecule has 3 rings (SSSR count). The van der Waals surface area contributed by atoms with Crippen LogP contribution in [0.3, 0.4) is 0 Å². The summed E-state index contributed by atoms with van der Waals surface area (Å²) in [5.41, 5.74) is 2.43. The number of aromatic nitrogens is 3. The quantitative estimate of drug-likeness (QED) is 0.453. The molecular weight excluding hydrogens is 391 g/mol. The van der Waals surface area contributed by atoms with Gasteiger partial charge < -0.3 is 5.32 Å². The lowest BCUT2D eigenvalue weighted by atomic mass is 10.1. The fourth-order valence-corrected chi connectivity index (χ4v) is 3.65. The maximum atomic E-state index is 13.1. The number of nitrogens with zero attached hydrogens (tertiary/aromatic N) is 3. The van der Waals surface area contributed by atoms with E-state index < -0.39 is 0 Å². The van der Waals surface area contributed by atoms with E-state index in [2.05, 4.69) is 15.5 Å². The van der Waals surface area contributed by atoms with Crippen molar-refractivity contribution >= 4 is 23.5 Å². The van der Waals surface area contributed by atoms with Crippen molar-refractivity contribution in [2.24, 2.45) is 0 Å². The topological polar surface area (TPSA) is 76.9 Å². The molecule has 0 spiro atoms. The van der Waals surface area contributed by atoms with Crippen LogP contribution >= 0.6 is 11.8 Å². The minimum absolute atomic E-state index is 0.105. The van der Waals surface area contributed by atoms with Crippen LogP contribution in [0.5, 0.6) is 0 Å². The highest BCUT2D eigenvalue weighted by atomic mass is 32.2. The summed E-state index contributed by atoms with van der Waals surface area (Å²) in [6.45, 7) is 3.90. The van der Waals surface area contributed by atoms with Gasteiger partial charge in [0.25, 0.3) is 0 Å². The van der Waals surface area contributed by atoms with Crippen molar-refractivity contribution in [2.45, 2.75) is 25.4 Å². The van der Waals surface area contributed by atoms with Gasteiger partial charge in [-0.25, -0.2) is 4.39 Å². The molecule has 6 nitrogen and oxygen atoms in total. The fraction of sp³-hybridized carbons (Fsp3) is 0.238. The number of halogens is 1. The molecule has 0 aliphatic carbocycles. The van der Waals surface area contributed by atoms with Crippen LogP contribution in [0, 0.1) is 12.7 Å². The predicted molar refractivity (Wildman–Crippen MR) is 110 cm³/mol. The number of hydrogen-bond donors (Lipinski definition) is 1. The first-order valence-electron chi connectivity index (χ1n) is 9.11. The molecule has 150 valence electrons. The van der Waals surface area contributed by atoms with Crippen LogP contribution in [0.2, 0.25) is 0 Å². The summed E-state index contributed by atoms with van der Waals surface area (Å²) in [5.74, 6) is 0.249. The molecule has 0 atom stereocenters. The first-order chi connectivity index (χ1) is 13.9. The number of ketones is 1. The molecule has 0 radical (unpaired) electrons. The Bertz CT molecular complexity index is 1020. The van der Waals surface area contributed by atoms with Gasteiger partial charge in [-0.15, -0.1) is 10.2 Å². The van der Waals surface area contributed by atoms with Crippen LogP contribution in [-0.2, 0) is 11.2 Å². The zero-order valence-corrected chi connectivity index (χ0v) is 17.0. The Hall–Kier alpha value is -3.00. The van der Waals surface area contributed by atoms with Crippen molar-refractivity contribution in [3.63, 3.8) is 0 Å². The molecule has 1 N–H and O–H groups in total. The van der Waals surface area contributed by atoms with Gasteiger partial charge in [0.05, 0.1) is 5.75 Å². The molecule has 0 unspecified atom stereocenters. The maximum Gasteiger partial charge on any atom is 0.216 e. The average molecular weight is 412 g/mol. The number of hydrogen-bond acceptors (Lipinski definition) is 5. The molecular formula is C21H21FN4O2S. The van der Waals surface area contributed by atoms with E-state index in [1.165, 1.54) is 43.0 Å². The zero-order chi connectivity index (χ0) is 20.8. The average Bonchev–Trinajstić information content (AvgIpc) is 3.09. The van der Waals surface area contributed by atoms with Crippen molar-refractivity contribution in [3.05, 3.63) is 71.3 Å². The summed E-state index contributed by atoms with van der Waals surface area (Å²) in [6, 6.07) is 13.4. The van der Waals surface area contributed by atoms with Gasteiger partial charge >= 0.3 is 0 Å². The molecule has 29 heavy (non-hydrogen) atoms. The minimum Gasteiger partial charge on any atom is -0.356 e. The van der Waals surface area contributed by atoms with Crippen molar-refractivity contribution in [1.29, 1.82) is 0 Å². The Kier molecular flexibility index (Phi) is 6.77. The SMILES string of the molecule is CC(=O)NCCc1nnc(SCC(=O)c2ccc(F)cc2)n1-c1cccc(C)c1. The van der Waals surface area contributed by atoms with Crippen molar-refractivity contribution in [3.8, 4) is 5.69 Å². The zero-order valence-electron chi connectivity index (χ0n) is 16.2. The number of aryl methyl sites for hydroxylation is 1. The number of benzene rings is 2. The Balaban J connectivity index is 1.81. The van der Waals surface area contributed by atoms with E-state index in [1.54, 1.807) is 0 Å². The molecule has 0 aliphatic rings. The summed E-state index contributed by atoms with van der Waals surface area (Å²) < 4.78 is 15.0. The van der Waals surface area contributed by atoms with E-state index in [0.717, 1.165) is 11.3 Å². The standard InChI is InChI=1S/C21H21FN4O2S/c1-14-4-3-5-18(12-14)26-20(10-11-23-15(2)27)24-25-21(26)29-13-19(28)16-6-8-17(22)9-7-16/h3-9,12H,10-11,13H2,1-2H3,(H,23,27). The van der Waals surface area contributed by atoms with Crippen LogP contribution in [0.15, 0.2) is 53.7 Å². The summed E-state index contributed by atoms with van der Waals surface area (Å²) in [6.07, 6.45) is 0.507. The number of thioether (sulfide) groups is 1. The summed E-state index contributed by atoms with van der Waals surface area (Å²) in [4.78, 5) is 23.6. The number of Topliss-reactive ketones (excluding diaryl/α,β-unsaturated/α-hetero) is 1. The van der Waals surface area contributed by atoms with Gasteiger partial charge in [-0.05, 0) is 48.9 Å². The van der Waals surface area contributed by atoms with Gasteiger partial charge in [0, 0.05) is 31.1 Å². The van der Waals surface area contributed by atoms with Crippen molar-refractivity contribution in [2.75, 3.05) is 12.3 Å². The van der Waals surface area contributed by atoms with Crippen LogP contribution in [0.4, 0.5) is 4.39 Å². The highest BCUT2D eigenvalue weighted by Gasteiger charge is 2.16. The summed E-state index contributed by atoms with van der Waals surface area (Å²) in [5, 5.41) is 11.9. The second kappa shape index (κ2) is 9.47. The van der Waals surface area contributed by atoms with E-state index >= 15 is 0 Å². The van der Waals surface area contributed by atoms with Gasteiger partial charge in [0.15, 0.2) is 10.9 Å². The number of carbonyl (C=O) groups excluding carboxylic acids is 2. The molecule has 0 fully saturated rings. The Labute approximate surface area is 172 Å². The van der Waals surface area contributed by atoms with Crippen LogP contribution < -0.4 is 5.32 Å². The number of carbonyl (C=O) groups is 2. The van der Waals surface area contributed by atoms with Gasteiger partial charge in [-0.1, -0.05) is 23.9 Å². The second-order valence-electron chi connectivity index (χ2n) is 6.52. The van der Waals surface area contributed by atoms with Gasteiger partial charge in [-0.3, -0.25) is 14.2 Å². The molecule has 3 aromatic rings. The van der Waals surface area contributed by atoms with Crippen molar-refractivity contribution in [1.82, 2.24) is 20.1 Å². The number of rotatable bonds is 8. The van der Waals surface area contributed by atoms with Crippen LogP contribution in [-0.4, -0.2) is 38.8 Å². The van der Waals surface area contributed by atoms with E-state index in [4.69, 9.17) is 0 Å². The summed E-state index contributed by atoms with van der Waals surface area (Å²) in [7, 11) is 0. The predicted octanol–water partition coefficient (Wildman–Crippen LogP) is 3.37. The fourth-order valence-electron chi connectivity index (χ4n) is 2.78. The lowest BCUT2D eigenvalue weighted by Crippen LogP contribution is -2.23. The normalized spacial score (nSPS) is 10.7. The molecule has 1 heterocycles.